The van der Waals surface area contributed by atoms with Gasteiger partial charge < -0.3 is 8.92 Å². The van der Waals surface area contributed by atoms with Crippen molar-refractivity contribution in [3.63, 3.8) is 0 Å². The molecular weight excluding hydrogens is 466 g/mol. The van der Waals surface area contributed by atoms with Crippen molar-refractivity contribution in [2.24, 2.45) is 11.3 Å². The van der Waals surface area contributed by atoms with E-state index >= 15 is 0 Å². The van der Waals surface area contributed by atoms with E-state index in [0.717, 1.165) is 18.2 Å². The predicted octanol–water partition coefficient (Wildman–Crippen LogP) is 4.48. The van der Waals surface area contributed by atoms with Crippen LogP contribution in [0.5, 0.6) is 0 Å². The number of alkyl halides is 2. The normalized spacial score (nSPS) is 23.6. The summed E-state index contributed by atoms with van der Waals surface area (Å²) in [5.74, 6) is -3.86. The largest absolute Gasteiger partial charge is 0.387 e. The first kappa shape index (κ1) is 26.9. The van der Waals surface area contributed by atoms with Crippen LogP contribution in [0.1, 0.15) is 77.0 Å². The second-order valence-corrected chi connectivity index (χ2v) is 12.2. The number of hydrogen-bond acceptors (Lipinski definition) is 6. The number of aromatic nitrogens is 1. The van der Waals surface area contributed by atoms with Gasteiger partial charge in [-0.2, -0.15) is 12.7 Å². The minimum absolute atomic E-state index is 0.0619. The number of piperidine rings is 1. The van der Waals surface area contributed by atoms with Crippen LogP contribution in [-0.2, 0) is 30.4 Å². The maximum atomic E-state index is 13.0. The standard InChI is InChI=1S/C24H36F2N2O5S/c1-23(2,3)21-15-19(10-14-32-21)22(29)33-34(30,31)28-12-8-18(9-13-28)20-6-5-17(16-27-20)7-11-24(4,25)26/h5-6,16,18-19,21H,7-15H2,1-4H3. The number of halogens is 2. The molecule has 0 N–H and O–H groups in total. The molecule has 2 saturated heterocycles. The minimum Gasteiger partial charge on any atom is -0.378 e. The second kappa shape index (κ2) is 10.5. The number of hydrogen-bond donors (Lipinski definition) is 0. The summed E-state index contributed by atoms with van der Waals surface area (Å²) in [5.41, 5.74) is 1.42. The summed E-state index contributed by atoms with van der Waals surface area (Å²) in [5, 5.41) is 0. The van der Waals surface area contributed by atoms with Crippen LogP contribution >= 0.6 is 0 Å². The molecule has 2 aliphatic heterocycles. The molecule has 1 aromatic rings. The quantitative estimate of drug-likeness (QED) is 0.547. The van der Waals surface area contributed by atoms with E-state index in [1.165, 1.54) is 4.31 Å². The van der Waals surface area contributed by atoms with Crippen molar-refractivity contribution >= 4 is 16.3 Å². The highest BCUT2D eigenvalue weighted by Crippen LogP contribution is 2.34. The van der Waals surface area contributed by atoms with Crippen molar-refractivity contribution in [2.75, 3.05) is 19.7 Å². The summed E-state index contributed by atoms with van der Waals surface area (Å²) < 4.78 is 63.5. The Labute approximate surface area is 201 Å². The average molecular weight is 503 g/mol. The lowest BCUT2D eigenvalue weighted by Gasteiger charge is -2.37. The molecule has 3 rings (SSSR count). The van der Waals surface area contributed by atoms with E-state index in [1.807, 2.05) is 26.8 Å². The van der Waals surface area contributed by atoms with Gasteiger partial charge in [0.15, 0.2) is 0 Å². The first-order valence-corrected chi connectivity index (χ1v) is 13.3. The van der Waals surface area contributed by atoms with Gasteiger partial charge in [-0.3, -0.25) is 9.78 Å². The molecule has 0 aromatic carbocycles. The Morgan fingerprint density at radius 3 is 2.41 bits per heavy atom. The van der Waals surface area contributed by atoms with E-state index in [2.05, 4.69) is 4.98 Å². The van der Waals surface area contributed by atoms with Crippen LogP contribution in [0.2, 0.25) is 0 Å². The van der Waals surface area contributed by atoms with Gasteiger partial charge in [0.1, 0.15) is 0 Å². The molecule has 7 nitrogen and oxygen atoms in total. The molecule has 10 heteroatoms. The van der Waals surface area contributed by atoms with Crippen LogP contribution in [0.3, 0.4) is 0 Å². The number of rotatable bonds is 7. The molecule has 2 unspecified atom stereocenters. The number of aryl methyl sites for hydroxylation is 1. The fourth-order valence-corrected chi connectivity index (χ4v) is 5.51. The van der Waals surface area contributed by atoms with Crippen LogP contribution in [0, 0.1) is 11.3 Å². The molecule has 34 heavy (non-hydrogen) atoms. The van der Waals surface area contributed by atoms with Crippen molar-refractivity contribution in [3.8, 4) is 0 Å². The van der Waals surface area contributed by atoms with Crippen LogP contribution in [0.4, 0.5) is 8.78 Å². The summed E-state index contributed by atoms with van der Waals surface area (Å²) in [4.78, 5) is 17.0. The molecule has 2 atom stereocenters. The highest BCUT2D eigenvalue weighted by Gasteiger charge is 2.38. The molecule has 2 aliphatic rings. The molecule has 0 amide bonds. The van der Waals surface area contributed by atoms with E-state index in [1.54, 1.807) is 12.3 Å². The molecule has 0 spiro atoms. The third-order valence-corrected chi connectivity index (χ3v) is 8.03. The Morgan fingerprint density at radius 2 is 1.85 bits per heavy atom. The number of carbonyl (C=O) groups is 1. The Hall–Kier alpha value is -1.65. The first-order valence-electron chi connectivity index (χ1n) is 11.9. The monoisotopic (exact) mass is 502 g/mol. The molecule has 192 valence electrons. The van der Waals surface area contributed by atoms with Crippen LogP contribution in [0.25, 0.3) is 0 Å². The summed E-state index contributed by atoms with van der Waals surface area (Å²) >= 11 is 0. The third kappa shape index (κ3) is 7.42. The number of carbonyl (C=O) groups excluding carboxylic acids is 1. The van der Waals surface area contributed by atoms with E-state index < -0.39 is 28.1 Å². The van der Waals surface area contributed by atoms with Crippen molar-refractivity contribution in [3.05, 3.63) is 29.6 Å². The van der Waals surface area contributed by atoms with Crippen molar-refractivity contribution < 1.29 is 30.9 Å². The molecule has 0 aliphatic carbocycles. The van der Waals surface area contributed by atoms with Gasteiger partial charge in [0, 0.05) is 43.9 Å². The smallest absolute Gasteiger partial charge is 0.378 e. The molecule has 0 bridgehead atoms. The zero-order chi connectivity index (χ0) is 25.1. The van der Waals surface area contributed by atoms with Crippen LogP contribution < -0.4 is 0 Å². The Bertz CT molecular complexity index is 934. The van der Waals surface area contributed by atoms with Gasteiger partial charge in [0.2, 0.25) is 5.92 Å². The van der Waals surface area contributed by atoms with Gasteiger partial charge in [-0.25, -0.2) is 8.78 Å². The lowest BCUT2D eigenvalue weighted by molar-refractivity contribution is -0.147. The summed E-state index contributed by atoms with van der Waals surface area (Å²) in [6, 6.07) is 3.63. The average Bonchev–Trinajstić information content (AvgIpc) is 2.77. The molecule has 2 fully saturated rings. The third-order valence-electron chi connectivity index (χ3n) is 6.66. The van der Waals surface area contributed by atoms with Gasteiger partial charge >= 0.3 is 16.3 Å². The summed E-state index contributed by atoms with van der Waals surface area (Å²) in [6.45, 7) is 7.84. The fraction of sp³-hybridized carbons (Fsp3) is 0.750. The number of pyridine rings is 1. The zero-order valence-electron chi connectivity index (χ0n) is 20.4. The van der Waals surface area contributed by atoms with Gasteiger partial charge in [-0.15, -0.1) is 0 Å². The maximum absolute atomic E-state index is 13.0. The van der Waals surface area contributed by atoms with Gasteiger partial charge in [-0.1, -0.05) is 26.8 Å². The summed E-state index contributed by atoms with van der Waals surface area (Å²) in [6.07, 6.45) is 3.48. The topological polar surface area (TPSA) is 85.8 Å². The summed E-state index contributed by atoms with van der Waals surface area (Å²) in [7, 11) is -4.17. The molecule has 0 radical (unpaired) electrons. The van der Waals surface area contributed by atoms with E-state index in [-0.39, 0.29) is 43.4 Å². The van der Waals surface area contributed by atoms with Gasteiger partial charge in [0.25, 0.3) is 0 Å². The highest BCUT2D eigenvalue weighted by molar-refractivity contribution is 7.84. The number of nitrogens with zero attached hydrogens (tertiary/aromatic N) is 2. The minimum atomic E-state index is -4.17. The van der Waals surface area contributed by atoms with Crippen LogP contribution in [0.15, 0.2) is 18.3 Å². The van der Waals surface area contributed by atoms with E-state index in [9.17, 15) is 22.0 Å². The number of ether oxygens (including phenoxy) is 1. The molecule has 1 aromatic heterocycles. The second-order valence-electron chi connectivity index (χ2n) is 10.6. The lowest BCUT2D eigenvalue weighted by Crippen LogP contribution is -2.43. The van der Waals surface area contributed by atoms with Gasteiger partial charge in [-0.05, 0) is 56.1 Å². The first-order chi connectivity index (χ1) is 15.7. The molecule has 3 heterocycles. The molecule has 0 saturated carbocycles. The molecular formula is C24H36F2N2O5S. The Balaban J connectivity index is 1.51. The van der Waals surface area contributed by atoms with Gasteiger partial charge in [0.05, 0.1) is 12.0 Å². The Morgan fingerprint density at radius 1 is 1.18 bits per heavy atom. The fourth-order valence-electron chi connectivity index (χ4n) is 4.40. The highest BCUT2D eigenvalue weighted by atomic mass is 32.2. The van der Waals surface area contributed by atoms with Crippen molar-refractivity contribution in [1.29, 1.82) is 0 Å². The predicted molar refractivity (Wildman–Crippen MR) is 124 cm³/mol. The van der Waals surface area contributed by atoms with E-state index in [0.29, 0.717) is 32.3 Å². The van der Waals surface area contributed by atoms with E-state index in [4.69, 9.17) is 8.92 Å². The Kier molecular flexibility index (Phi) is 8.35. The SMILES string of the molecule is CC(F)(F)CCc1ccc(C2CCN(S(=O)(=O)OC(=O)C3CCOC(C(C)(C)C)C3)CC2)nc1. The lowest BCUT2D eigenvalue weighted by atomic mass is 9.81. The van der Waals surface area contributed by atoms with Crippen molar-refractivity contribution in [1.82, 2.24) is 9.29 Å². The maximum Gasteiger partial charge on any atom is 0.387 e. The van der Waals surface area contributed by atoms with Crippen LogP contribution in [-0.4, -0.2) is 55.4 Å². The zero-order valence-corrected chi connectivity index (χ0v) is 21.2. The van der Waals surface area contributed by atoms with Crippen molar-refractivity contribution in [2.45, 2.75) is 84.2 Å².